The molecule has 1 aromatic carbocycles. The normalized spacial score (nSPS) is 15.9. The van der Waals surface area contributed by atoms with E-state index < -0.39 is 18.0 Å². The lowest BCUT2D eigenvalue weighted by atomic mass is 9.96. The van der Waals surface area contributed by atoms with Crippen molar-refractivity contribution in [2.45, 2.75) is 64.5 Å². The van der Waals surface area contributed by atoms with E-state index in [1.165, 1.54) is 6.42 Å². The van der Waals surface area contributed by atoms with Crippen molar-refractivity contribution in [1.29, 1.82) is 0 Å². The molecule has 25 heavy (non-hydrogen) atoms. The van der Waals surface area contributed by atoms with Crippen LogP contribution < -0.4 is 15.4 Å². The van der Waals surface area contributed by atoms with Crippen molar-refractivity contribution in [3.05, 3.63) is 29.8 Å². The van der Waals surface area contributed by atoms with E-state index in [-0.39, 0.29) is 11.8 Å². The summed E-state index contributed by atoms with van der Waals surface area (Å²) in [6.45, 7) is 3.38. The third-order valence-electron chi connectivity index (χ3n) is 4.36. The van der Waals surface area contributed by atoms with Crippen LogP contribution in [-0.4, -0.2) is 29.9 Å². The molecule has 1 aromatic rings. The zero-order valence-electron chi connectivity index (χ0n) is 14.8. The molecule has 0 unspecified atom stereocenters. The second-order valence-corrected chi connectivity index (χ2v) is 6.36. The molecular formula is C19H26N2O4. The Kier molecular flexibility index (Phi) is 6.98. The van der Waals surface area contributed by atoms with E-state index in [9.17, 15) is 14.4 Å². The van der Waals surface area contributed by atoms with E-state index in [0.29, 0.717) is 17.7 Å². The first-order valence-corrected chi connectivity index (χ1v) is 8.91. The number of urea groups is 1. The van der Waals surface area contributed by atoms with Crippen LogP contribution in [0.1, 0.15) is 62.7 Å². The molecule has 6 heteroatoms. The summed E-state index contributed by atoms with van der Waals surface area (Å²) in [4.78, 5) is 35.6. The highest BCUT2D eigenvalue weighted by molar-refractivity contribution is 5.97. The van der Waals surface area contributed by atoms with E-state index in [4.69, 9.17) is 4.74 Å². The number of amides is 3. The molecule has 1 atom stereocenters. The van der Waals surface area contributed by atoms with Gasteiger partial charge in [0.1, 0.15) is 5.75 Å². The summed E-state index contributed by atoms with van der Waals surface area (Å²) >= 11 is 0. The molecule has 0 spiro atoms. The molecule has 0 radical (unpaired) electrons. The van der Waals surface area contributed by atoms with Crippen LogP contribution in [-0.2, 0) is 4.79 Å². The summed E-state index contributed by atoms with van der Waals surface area (Å²) < 4.78 is 5.53. The molecular weight excluding hydrogens is 320 g/mol. The molecule has 0 saturated heterocycles. The van der Waals surface area contributed by atoms with Crippen LogP contribution in [0.3, 0.4) is 0 Å². The number of hydrogen-bond donors (Lipinski definition) is 2. The van der Waals surface area contributed by atoms with Crippen LogP contribution in [0, 0.1) is 0 Å². The number of hydrogen-bond acceptors (Lipinski definition) is 4. The predicted octanol–water partition coefficient (Wildman–Crippen LogP) is 3.21. The van der Waals surface area contributed by atoms with Gasteiger partial charge in [-0.25, -0.2) is 4.79 Å². The maximum Gasteiger partial charge on any atom is 0.321 e. The molecule has 0 aliphatic heterocycles. The molecule has 0 heterocycles. The van der Waals surface area contributed by atoms with Gasteiger partial charge in [-0.1, -0.05) is 26.2 Å². The smallest absolute Gasteiger partial charge is 0.321 e. The Morgan fingerprint density at radius 3 is 2.36 bits per heavy atom. The molecule has 1 fully saturated rings. The second-order valence-electron chi connectivity index (χ2n) is 6.36. The Bertz CT molecular complexity index is 606. The van der Waals surface area contributed by atoms with E-state index in [1.807, 2.05) is 0 Å². The number of ether oxygens (including phenoxy) is 1. The first kappa shape index (κ1) is 19.0. The fraction of sp³-hybridized carbons (Fsp3) is 0.526. The number of carbonyl (C=O) groups is 3. The van der Waals surface area contributed by atoms with Gasteiger partial charge in [0.05, 0.1) is 0 Å². The van der Waals surface area contributed by atoms with E-state index in [0.717, 1.165) is 25.7 Å². The van der Waals surface area contributed by atoms with Gasteiger partial charge < -0.3 is 10.1 Å². The Balaban J connectivity index is 1.80. The van der Waals surface area contributed by atoms with Crippen LogP contribution in [0.4, 0.5) is 4.79 Å². The van der Waals surface area contributed by atoms with Gasteiger partial charge in [-0.2, -0.15) is 0 Å². The molecule has 2 rings (SSSR count). The average Bonchev–Trinajstić information content (AvgIpc) is 2.62. The lowest BCUT2D eigenvalue weighted by Gasteiger charge is -2.23. The summed E-state index contributed by atoms with van der Waals surface area (Å²) in [5.74, 6) is 0.0294. The van der Waals surface area contributed by atoms with Gasteiger partial charge in [0.25, 0.3) is 5.91 Å². The van der Waals surface area contributed by atoms with Gasteiger partial charge in [0.2, 0.25) is 0 Å². The summed E-state index contributed by atoms with van der Waals surface area (Å²) in [5, 5.41) is 5.15. The van der Waals surface area contributed by atoms with Crippen LogP contribution in [0.15, 0.2) is 24.3 Å². The van der Waals surface area contributed by atoms with Crippen molar-refractivity contribution in [3.8, 4) is 5.75 Å². The SMILES string of the molecule is CCC(=O)c1ccc(O[C@@H](C)C(=O)NC(=O)NC2CCCCC2)cc1. The Morgan fingerprint density at radius 1 is 1.12 bits per heavy atom. The maximum absolute atomic E-state index is 12.1. The Hall–Kier alpha value is -2.37. The lowest BCUT2D eigenvalue weighted by Crippen LogP contribution is -2.48. The fourth-order valence-electron chi connectivity index (χ4n) is 2.86. The minimum Gasteiger partial charge on any atom is -0.481 e. The molecule has 0 bridgehead atoms. The molecule has 0 aromatic heterocycles. The number of Topliss-reactive ketones (excluding diaryl/α,β-unsaturated/α-hetero) is 1. The van der Waals surface area contributed by atoms with Crippen LogP contribution >= 0.6 is 0 Å². The van der Waals surface area contributed by atoms with Crippen LogP contribution in [0.2, 0.25) is 0 Å². The minimum atomic E-state index is -0.815. The lowest BCUT2D eigenvalue weighted by molar-refractivity contribution is -0.126. The monoisotopic (exact) mass is 346 g/mol. The molecule has 1 saturated carbocycles. The highest BCUT2D eigenvalue weighted by Crippen LogP contribution is 2.17. The number of benzene rings is 1. The maximum atomic E-state index is 12.1. The van der Waals surface area contributed by atoms with Gasteiger partial charge >= 0.3 is 6.03 Å². The molecule has 3 amide bonds. The van der Waals surface area contributed by atoms with E-state index in [1.54, 1.807) is 38.1 Å². The van der Waals surface area contributed by atoms with Gasteiger partial charge in [-0.15, -0.1) is 0 Å². The standard InChI is InChI=1S/C19H26N2O4/c1-3-17(22)14-9-11-16(12-10-14)25-13(2)18(23)21-19(24)20-15-7-5-4-6-8-15/h9-13,15H,3-8H2,1-2H3,(H2,20,21,23,24)/t13-/m0/s1. The molecule has 1 aliphatic carbocycles. The molecule has 136 valence electrons. The zero-order chi connectivity index (χ0) is 18.2. The Morgan fingerprint density at radius 2 is 1.76 bits per heavy atom. The first-order valence-electron chi connectivity index (χ1n) is 8.91. The van der Waals surface area contributed by atoms with Crippen molar-refractivity contribution in [2.24, 2.45) is 0 Å². The number of imide groups is 1. The van der Waals surface area contributed by atoms with Crippen molar-refractivity contribution < 1.29 is 19.1 Å². The first-order chi connectivity index (χ1) is 12.0. The Labute approximate surface area is 148 Å². The van der Waals surface area contributed by atoms with E-state index >= 15 is 0 Å². The number of ketones is 1. The number of carbonyl (C=O) groups excluding carboxylic acids is 3. The topological polar surface area (TPSA) is 84.5 Å². The van der Waals surface area contributed by atoms with Crippen molar-refractivity contribution in [2.75, 3.05) is 0 Å². The van der Waals surface area contributed by atoms with Crippen molar-refractivity contribution >= 4 is 17.7 Å². The number of nitrogens with one attached hydrogen (secondary N) is 2. The summed E-state index contributed by atoms with van der Waals surface area (Å²) in [7, 11) is 0. The minimum absolute atomic E-state index is 0.0525. The number of rotatable bonds is 6. The zero-order valence-corrected chi connectivity index (χ0v) is 14.8. The third-order valence-corrected chi connectivity index (χ3v) is 4.36. The summed E-state index contributed by atoms with van der Waals surface area (Å²) in [6, 6.07) is 6.30. The third kappa shape index (κ3) is 5.89. The second kappa shape index (κ2) is 9.20. The van der Waals surface area contributed by atoms with E-state index in [2.05, 4.69) is 10.6 Å². The van der Waals surface area contributed by atoms with Gasteiger partial charge in [0.15, 0.2) is 11.9 Å². The van der Waals surface area contributed by atoms with Gasteiger partial charge in [-0.3, -0.25) is 14.9 Å². The van der Waals surface area contributed by atoms with Gasteiger partial charge in [-0.05, 0) is 44.0 Å². The highest BCUT2D eigenvalue weighted by atomic mass is 16.5. The average molecular weight is 346 g/mol. The van der Waals surface area contributed by atoms with Gasteiger partial charge in [0, 0.05) is 18.0 Å². The fourth-order valence-corrected chi connectivity index (χ4v) is 2.86. The summed E-state index contributed by atoms with van der Waals surface area (Å²) in [6.07, 6.45) is 4.95. The largest absolute Gasteiger partial charge is 0.481 e. The quantitative estimate of drug-likeness (QED) is 0.775. The van der Waals surface area contributed by atoms with Crippen molar-refractivity contribution in [3.63, 3.8) is 0 Å². The highest BCUT2D eigenvalue weighted by Gasteiger charge is 2.20. The van der Waals surface area contributed by atoms with Crippen LogP contribution in [0.5, 0.6) is 5.75 Å². The molecule has 6 nitrogen and oxygen atoms in total. The van der Waals surface area contributed by atoms with Crippen molar-refractivity contribution in [1.82, 2.24) is 10.6 Å². The predicted molar refractivity (Wildman–Crippen MR) is 94.7 cm³/mol. The van der Waals surface area contributed by atoms with Crippen LogP contribution in [0.25, 0.3) is 0 Å². The summed E-state index contributed by atoms with van der Waals surface area (Å²) in [5.41, 5.74) is 0.610. The molecule has 1 aliphatic rings. The molecule has 2 N–H and O–H groups in total.